The smallest absolute Gasteiger partial charge is 0.248 e. The van der Waals surface area contributed by atoms with Crippen molar-refractivity contribution in [2.75, 3.05) is 95.9 Å². The molecule has 0 saturated carbocycles. The van der Waals surface area contributed by atoms with Crippen LogP contribution in [0.15, 0.2) is 291 Å². The highest BCUT2D eigenvalue weighted by molar-refractivity contribution is 5.69. The van der Waals surface area contributed by atoms with Crippen LogP contribution in [0.1, 0.15) is 66.8 Å². The van der Waals surface area contributed by atoms with Gasteiger partial charge in [0, 0.05) is 147 Å². The van der Waals surface area contributed by atoms with E-state index in [0.29, 0.717) is 173 Å². The van der Waals surface area contributed by atoms with Gasteiger partial charge in [-0.25, -0.2) is 0 Å². The van der Waals surface area contributed by atoms with Crippen LogP contribution in [0.4, 0.5) is 175 Å². The van der Waals surface area contributed by atoms with Crippen molar-refractivity contribution in [3.63, 3.8) is 0 Å². The molecule has 0 amide bonds. The molecule has 146 heavy (non-hydrogen) atoms. The van der Waals surface area contributed by atoms with Gasteiger partial charge in [0.2, 0.25) is 107 Å². The summed E-state index contributed by atoms with van der Waals surface area (Å²) in [6, 6.07) is 92.5. The van der Waals surface area contributed by atoms with Gasteiger partial charge in [-0.1, -0.05) is 146 Å². The molecule has 44 nitrogen and oxygen atoms in total. The molecule has 0 atom stereocenters. The Kier molecular flexibility index (Phi) is 31.7. The summed E-state index contributed by atoms with van der Waals surface area (Å²) in [4.78, 5) is 86.2. The molecule has 6 aromatic heterocycles. The van der Waals surface area contributed by atoms with Gasteiger partial charge in [0.15, 0.2) is 0 Å². The number of anilines is 30. The first kappa shape index (κ1) is 97.0. The van der Waals surface area contributed by atoms with Gasteiger partial charge >= 0.3 is 0 Å². The third kappa shape index (κ3) is 27.9. The summed E-state index contributed by atoms with van der Waals surface area (Å²) in [6.07, 6.45) is 0. The summed E-state index contributed by atoms with van der Waals surface area (Å²) in [5.41, 5.74) is 73.8. The van der Waals surface area contributed by atoms with Crippen LogP contribution < -0.4 is 142 Å². The standard InChI is InChI=1S/C102H106N44/c103-49-61-1-25-73(26-2-61)115-89-127-85(128-90(135-89)116-74-27-3-62(50-104)4-28-74)111-57-69-17-41-81(42-18-69)123-97-139-98(124-82-43-19-70(20-44-82)58-112-86-129-91(117-75-29-5-63(51-105)6-30-75)136-92(130-86)118-76-31-7-64(52-106)8-32-76)142-101(141-97)145-146-102-143-99(125-83-45-21-71(22-46-83)59-113-87-131-93(119-77-33-9-65(53-107)10-34-77)137-94(132-87)120-78-35-11-66(54-108)12-36-78)140-100(144-102)126-84-47-23-72(24-48-84)60-114-88-133-95(121-79-37-13-67(55-109)14-38-79)138-96(134-88)122-80-39-15-68(56-110)16-40-80/h1-48H,49-60,103-110H2,(H3,111,115,116,127,128,135)(H3,112,117,118,129,130,136)(H3,113,119,120,131,132,137)(H3,114,121,122,133,134,138)(H3,123,124,139,141,142,145)(H3,125,126,140,143,144,146). The average Bonchev–Trinajstić information content (AvgIpc) is 0.841. The van der Waals surface area contributed by atoms with Crippen LogP contribution in [0.25, 0.3) is 0 Å². The number of nitrogens with zero attached hydrogens (tertiary/aromatic N) is 18. The SMILES string of the molecule is NCc1ccc(Nc2nc(NCc3ccc(Nc4nc(NNc5nc(Nc6ccc(CNc7nc(Nc8ccc(CN)cc8)nc(Nc8ccc(CN)cc8)n7)cc6)nc(Nc6ccc(CNc7nc(Nc8ccc(CN)cc8)nc(Nc8ccc(CN)cc8)n7)cc6)n5)nc(Nc5ccc(CNc6nc(Nc7ccc(CN)cc7)nc(Nc7ccc(CN)cc7)n6)cc5)n4)cc3)nc(Nc3ccc(CN)cc3)n2)cc1. The fraction of sp³-hybridized carbons (Fsp3) is 0.118. The average molecular weight is 1950 g/mol. The zero-order valence-corrected chi connectivity index (χ0v) is 78.9. The maximum absolute atomic E-state index is 5.92. The predicted octanol–water partition coefficient (Wildman–Crippen LogP) is 15.3. The van der Waals surface area contributed by atoms with Crippen molar-refractivity contribution in [3.8, 4) is 0 Å². The Hall–Kier alpha value is -19.2. The van der Waals surface area contributed by atoms with E-state index in [1.807, 2.05) is 291 Å². The summed E-state index contributed by atoms with van der Waals surface area (Å²) >= 11 is 0. The summed E-state index contributed by atoms with van der Waals surface area (Å²) in [6.45, 7) is 4.54. The lowest BCUT2D eigenvalue weighted by molar-refractivity contribution is 1.01. The van der Waals surface area contributed by atoms with Crippen molar-refractivity contribution in [2.45, 2.75) is 78.5 Å². The van der Waals surface area contributed by atoms with Crippen LogP contribution in [-0.4, -0.2) is 89.7 Å². The van der Waals surface area contributed by atoms with Gasteiger partial charge in [0.05, 0.1) is 0 Å². The molecule has 0 radical (unpaired) electrons. The molecule has 0 fully saturated rings. The Morgan fingerprint density at radius 3 is 0.322 bits per heavy atom. The number of aromatic nitrogens is 18. The van der Waals surface area contributed by atoms with E-state index in [2.05, 4.69) is 95.9 Å². The van der Waals surface area contributed by atoms with Gasteiger partial charge in [-0.2, -0.15) is 89.7 Å². The van der Waals surface area contributed by atoms with E-state index in [1.165, 1.54) is 0 Å². The molecule has 34 N–H and O–H groups in total. The first-order valence-electron chi connectivity index (χ1n) is 46.6. The zero-order chi connectivity index (χ0) is 100. The number of nitrogens with two attached hydrogens (primary N) is 8. The minimum atomic E-state index is 0.0460. The maximum atomic E-state index is 5.92. The molecule has 0 bridgehead atoms. The number of hydrogen-bond acceptors (Lipinski definition) is 44. The Morgan fingerprint density at radius 2 is 0.212 bits per heavy atom. The first-order valence-corrected chi connectivity index (χ1v) is 46.6. The number of nitrogens with one attached hydrogen (secondary N) is 18. The van der Waals surface area contributed by atoms with Crippen molar-refractivity contribution in [1.82, 2.24) is 89.7 Å². The molecular formula is C102H106N44. The Balaban J connectivity index is 0.616. The highest BCUT2D eigenvalue weighted by Gasteiger charge is 2.19. The summed E-state index contributed by atoms with van der Waals surface area (Å²) in [7, 11) is 0. The van der Waals surface area contributed by atoms with Crippen molar-refractivity contribution in [2.24, 2.45) is 45.9 Å². The number of rotatable bonds is 47. The molecular weight excluding hydrogens is 1840 g/mol. The number of hydrazine groups is 1. The van der Waals surface area contributed by atoms with Crippen molar-refractivity contribution < 1.29 is 0 Å². The van der Waals surface area contributed by atoms with Crippen molar-refractivity contribution >= 4 is 175 Å². The molecule has 0 spiro atoms. The van der Waals surface area contributed by atoms with Gasteiger partial charge < -0.3 is 131 Å². The van der Waals surface area contributed by atoms with E-state index >= 15 is 0 Å². The van der Waals surface area contributed by atoms with Crippen LogP contribution in [-0.2, 0) is 78.5 Å². The zero-order valence-electron chi connectivity index (χ0n) is 78.9. The van der Waals surface area contributed by atoms with Gasteiger partial charge in [0.25, 0.3) is 0 Å². The maximum Gasteiger partial charge on any atom is 0.248 e. The van der Waals surface area contributed by atoms with Crippen LogP contribution in [0, 0.1) is 0 Å². The monoisotopic (exact) mass is 1950 g/mol. The highest BCUT2D eigenvalue weighted by atomic mass is 15.5. The Labute approximate surface area is 838 Å². The van der Waals surface area contributed by atoms with E-state index in [-0.39, 0.29) is 35.7 Å². The lowest BCUT2D eigenvalue weighted by atomic mass is 10.2. The van der Waals surface area contributed by atoms with Crippen LogP contribution >= 0.6 is 0 Å². The van der Waals surface area contributed by atoms with Crippen LogP contribution in [0.2, 0.25) is 0 Å². The Morgan fingerprint density at radius 1 is 0.116 bits per heavy atom. The molecule has 734 valence electrons. The second kappa shape index (κ2) is 47.6. The van der Waals surface area contributed by atoms with Gasteiger partial charge in [-0.3, -0.25) is 10.9 Å². The van der Waals surface area contributed by atoms with Crippen LogP contribution in [0.3, 0.4) is 0 Å². The lowest BCUT2D eigenvalue weighted by Crippen LogP contribution is -2.17. The Bertz CT molecular complexity index is 6200. The van der Waals surface area contributed by atoms with Crippen molar-refractivity contribution in [3.05, 3.63) is 358 Å². The molecule has 18 rings (SSSR count). The van der Waals surface area contributed by atoms with Crippen LogP contribution in [0.5, 0.6) is 0 Å². The van der Waals surface area contributed by atoms with E-state index < -0.39 is 0 Å². The third-order valence-electron chi connectivity index (χ3n) is 22.3. The third-order valence-corrected chi connectivity index (χ3v) is 22.3. The van der Waals surface area contributed by atoms with Gasteiger partial charge in [-0.05, 0) is 212 Å². The number of hydrogen-bond donors (Lipinski definition) is 26. The fourth-order valence-corrected chi connectivity index (χ4v) is 14.4. The molecule has 18 aromatic rings. The van der Waals surface area contributed by atoms with Gasteiger partial charge in [0.1, 0.15) is 0 Å². The summed E-state index contributed by atoms with van der Waals surface area (Å²) in [5.74, 6) is 4.40. The first-order chi connectivity index (χ1) is 71.6. The second-order valence-corrected chi connectivity index (χ2v) is 33.0. The summed E-state index contributed by atoms with van der Waals surface area (Å²) in [5, 5.41) is 53.6. The predicted molar refractivity (Wildman–Crippen MR) is 575 cm³/mol. The van der Waals surface area contributed by atoms with Crippen molar-refractivity contribution in [1.29, 1.82) is 0 Å². The molecule has 0 saturated heterocycles. The van der Waals surface area contributed by atoms with E-state index in [0.717, 1.165) is 112 Å². The minimum Gasteiger partial charge on any atom is -0.350 e. The molecule has 0 unspecified atom stereocenters. The number of benzene rings is 12. The molecule has 44 heteroatoms. The lowest BCUT2D eigenvalue weighted by Gasteiger charge is -2.14. The molecule has 0 aliphatic heterocycles. The van der Waals surface area contributed by atoms with Gasteiger partial charge in [-0.15, -0.1) is 0 Å². The second-order valence-electron chi connectivity index (χ2n) is 33.0. The quantitative estimate of drug-likeness (QED) is 0.0158. The normalized spacial score (nSPS) is 10.9. The molecule has 0 aliphatic carbocycles. The van der Waals surface area contributed by atoms with E-state index in [9.17, 15) is 0 Å². The molecule has 6 heterocycles. The minimum absolute atomic E-state index is 0.0460. The molecule has 12 aromatic carbocycles. The van der Waals surface area contributed by atoms with E-state index in [1.54, 1.807) is 0 Å². The van der Waals surface area contributed by atoms with E-state index in [4.69, 9.17) is 136 Å². The summed E-state index contributed by atoms with van der Waals surface area (Å²) < 4.78 is 0. The fourth-order valence-electron chi connectivity index (χ4n) is 14.4. The highest BCUT2D eigenvalue weighted by Crippen LogP contribution is 2.31. The largest absolute Gasteiger partial charge is 0.350 e. The molecule has 0 aliphatic rings. The topological polar surface area (TPSA) is 657 Å².